The topological polar surface area (TPSA) is 69.7 Å². The normalized spacial score (nSPS) is 20.6. The third-order valence-corrected chi connectivity index (χ3v) is 15.0. The smallest absolute Gasteiger partial charge is 0.305 e. The van der Waals surface area contributed by atoms with Crippen LogP contribution in [0.3, 0.4) is 0 Å². The van der Waals surface area contributed by atoms with Crippen molar-refractivity contribution in [2.45, 2.75) is 134 Å². The summed E-state index contributed by atoms with van der Waals surface area (Å²) >= 11 is 0. The maximum Gasteiger partial charge on any atom is 0.305 e. The Labute approximate surface area is 253 Å². The summed E-state index contributed by atoms with van der Waals surface area (Å²) in [5, 5.41) is 0.108. The van der Waals surface area contributed by atoms with Crippen LogP contribution in [0.5, 0.6) is 0 Å². The second kappa shape index (κ2) is 17.5. The summed E-state index contributed by atoms with van der Waals surface area (Å²) in [6.07, 6.45) is 15.4. The lowest BCUT2D eigenvalue weighted by Gasteiger charge is -2.40. The van der Waals surface area contributed by atoms with E-state index in [2.05, 4.69) is 46.0 Å². The number of carbonyl (C=O) groups is 2. The number of esters is 1. The molecule has 0 spiro atoms. The van der Waals surface area contributed by atoms with Gasteiger partial charge >= 0.3 is 5.97 Å². The van der Waals surface area contributed by atoms with Crippen molar-refractivity contribution in [1.29, 1.82) is 0 Å². The molecular formula is C34H56O5SSi. The van der Waals surface area contributed by atoms with Crippen molar-refractivity contribution in [3.8, 4) is 0 Å². The monoisotopic (exact) mass is 604 g/mol. The predicted molar refractivity (Wildman–Crippen MR) is 173 cm³/mol. The second-order valence-electron chi connectivity index (χ2n) is 13.3. The molecule has 0 N–H and O–H groups in total. The minimum absolute atomic E-state index is 0.00844. The molecule has 232 valence electrons. The van der Waals surface area contributed by atoms with E-state index in [1.54, 1.807) is 0 Å². The number of allylic oxidation sites excluding steroid dienone is 2. The largest absolute Gasteiger partial charge is 0.469 e. The molecule has 0 amide bonds. The number of hydrogen-bond donors (Lipinski definition) is 0. The van der Waals surface area contributed by atoms with Crippen molar-refractivity contribution in [1.82, 2.24) is 0 Å². The standard InChI is InChI=1S/C34H56O5SSi/c1-27-21-23-28(24-22-27)40(37)25-17-13-9-8-10-15-19-30-29(18-14-11-12-16-20-33(36)38-5)31(35)26-32(30)39-41(6,7)34(2,3)4/h10,15,21-24,29-30,32H,8-9,11-14,16-20,25-26H2,1-7H3/b15-10+/t29-,30-,32-,40?/m1/s1. The number of ketones is 1. The van der Waals surface area contributed by atoms with Crippen molar-refractivity contribution in [3.63, 3.8) is 0 Å². The number of benzene rings is 1. The van der Waals surface area contributed by atoms with Gasteiger partial charge in [-0.1, -0.05) is 76.3 Å². The molecule has 1 unspecified atom stereocenters. The molecule has 1 fully saturated rings. The van der Waals surface area contributed by atoms with Gasteiger partial charge in [0.1, 0.15) is 5.78 Å². The van der Waals surface area contributed by atoms with E-state index in [4.69, 9.17) is 9.16 Å². The van der Waals surface area contributed by atoms with Crippen LogP contribution in [0.4, 0.5) is 0 Å². The Morgan fingerprint density at radius 3 is 2.32 bits per heavy atom. The van der Waals surface area contributed by atoms with Crippen molar-refractivity contribution >= 4 is 30.9 Å². The minimum atomic E-state index is -1.99. The number of unbranched alkanes of at least 4 members (excludes halogenated alkanes) is 6. The number of rotatable bonds is 18. The molecule has 0 saturated heterocycles. The number of Topliss-reactive ketones (excluding diaryl/α,β-unsaturated/α-hetero) is 1. The van der Waals surface area contributed by atoms with E-state index < -0.39 is 19.1 Å². The van der Waals surface area contributed by atoms with Gasteiger partial charge in [0.05, 0.1) is 24.0 Å². The number of methoxy groups -OCH3 is 1. The van der Waals surface area contributed by atoms with Gasteiger partial charge in [-0.05, 0) is 81.6 Å². The first-order chi connectivity index (χ1) is 19.4. The SMILES string of the molecule is COC(=O)CCCCCC[C@H]1C(=O)C[C@@H](O[Si](C)(C)C(C)(C)C)[C@@H]1C/C=C/CCCCCS(=O)c1ccc(C)cc1. The van der Waals surface area contributed by atoms with Crippen molar-refractivity contribution in [2.75, 3.05) is 12.9 Å². The molecule has 1 aliphatic rings. The Morgan fingerprint density at radius 2 is 1.66 bits per heavy atom. The van der Waals surface area contributed by atoms with Crippen molar-refractivity contribution in [3.05, 3.63) is 42.0 Å². The van der Waals surface area contributed by atoms with Gasteiger partial charge < -0.3 is 9.16 Å². The lowest BCUT2D eigenvalue weighted by molar-refractivity contribution is -0.140. The first kappa shape index (κ1) is 35.6. The molecule has 5 nitrogen and oxygen atoms in total. The molecule has 1 aliphatic carbocycles. The van der Waals surface area contributed by atoms with Crippen LogP contribution in [0.2, 0.25) is 18.1 Å². The maximum absolute atomic E-state index is 13.2. The fourth-order valence-electron chi connectivity index (χ4n) is 5.31. The first-order valence-electron chi connectivity index (χ1n) is 15.7. The van der Waals surface area contributed by atoms with Gasteiger partial charge in [-0.25, -0.2) is 0 Å². The van der Waals surface area contributed by atoms with Crippen LogP contribution >= 0.6 is 0 Å². The molecule has 4 atom stereocenters. The third kappa shape index (κ3) is 12.3. The van der Waals surface area contributed by atoms with E-state index in [0.29, 0.717) is 24.4 Å². The zero-order valence-corrected chi connectivity index (χ0v) is 28.7. The Balaban J connectivity index is 1.85. The van der Waals surface area contributed by atoms with Gasteiger partial charge in [0.2, 0.25) is 0 Å². The van der Waals surface area contributed by atoms with E-state index in [9.17, 15) is 13.8 Å². The molecule has 41 heavy (non-hydrogen) atoms. The van der Waals surface area contributed by atoms with E-state index >= 15 is 0 Å². The second-order valence-corrected chi connectivity index (χ2v) is 19.6. The molecule has 0 aromatic heterocycles. The van der Waals surface area contributed by atoms with Gasteiger partial charge in [0.15, 0.2) is 8.32 Å². The molecule has 1 aromatic carbocycles. The summed E-state index contributed by atoms with van der Waals surface area (Å²) in [6, 6.07) is 8.00. The van der Waals surface area contributed by atoms with Crippen LogP contribution in [0, 0.1) is 18.8 Å². The van der Waals surface area contributed by atoms with E-state index in [-0.39, 0.29) is 28.9 Å². The lowest BCUT2D eigenvalue weighted by Crippen LogP contribution is -2.45. The molecule has 1 saturated carbocycles. The molecule has 7 heteroatoms. The molecule has 2 rings (SSSR count). The Bertz CT molecular complexity index is 995. The summed E-state index contributed by atoms with van der Waals surface area (Å²) < 4.78 is 24.1. The fraction of sp³-hybridized carbons (Fsp3) is 0.706. The predicted octanol–water partition coefficient (Wildman–Crippen LogP) is 8.72. The maximum atomic E-state index is 13.2. The van der Waals surface area contributed by atoms with E-state index in [0.717, 1.165) is 69.1 Å². The highest BCUT2D eigenvalue weighted by atomic mass is 32.2. The number of carbonyl (C=O) groups excluding carboxylic acids is 2. The quantitative estimate of drug-likeness (QED) is 0.0725. The van der Waals surface area contributed by atoms with Crippen LogP contribution in [0.1, 0.15) is 103 Å². The van der Waals surface area contributed by atoms with Gasteiger partial charge in [-0.3, -0.25) is 13.8 Å². The molecule has 0 aliphatic heterocycles. The third-order valence-electron chi connectivity index (χ3n) is 9.00. The van der Waals surface area contributed by atoms with Crippen LogP contribution in [-0.2, 0) is 29.6 Å². The highest BCUT2D eigenvalue weighted by molar-refractivity contribution is 7.85. The first-order valence-corrected chi connectivity index (χ1v) is 20.0. The van der Waals surface area contributed by atoms with Gasteiger partial charge in [-0.15, -0.1) is 0 Å². The van der Waals surface area contributed by atoms with Crippen molar-refractivity contribution < 1.29 is 23.0 Å². The zero-order chi connectivity index (χ0) is 30.5. The summed E-state index contributed by atoms with van der Waals surface area (Å²) in [4.78, 5) is 25.5. The highest BCUT2D eigenvalue weighted by Gasteiger charge is 2.47. The number of hydrogen-bond acceptors (Lipinski definition) is 5. The summed E-state index contributed by atoms with van der Waals surface area (Å²) in [5.41, 5.74) is 1.19. The van der Waals surface area contributed by atoms with Gasteiger partial charge in [0, 0.05) is 29.4 Å². The minimum Gasteiger partial charge on any atom is -0.469 e. The summed E-state index contributed by atoms with van der Waals surface area (Å²) in [7, 11) is -1.47. The van der Waals surface area contributed by atoms with Crippen molar-refractivity contribution in [2.24, 2.45) is 11.8 Å². The molecule has 1 aromatic rings. The highest BCUT2D eigenvalue weighted by Crippen LogP contribution is 2.43. The summed E-state index contributed by atoms with van der Waals surface area (Å²) in [6.45, 7) is 13.4. The van der Waals surface area contributed by atoms with Gasteiger partial charge in [0.25, 0.3) is 0 Å². The van der Waals surface area contributed by atoms with Gasteiger partial charge in [-0.2, -0.15) is 0 Å². The van der Waals surface area contributed by atoms with Crippen LogP contribution in [0.15, 0.2) is 41.3 Å². The number of aryl methyl sites for hydroxylation is 1. The Hall–Kier alpha value is -1.57. The lowest BCUT2D eigenvalue weighted by atomic mass is 9.86. The molecule has 0 radical (unpaired) electrons. The van der Waals surface area contributed by atoms with Crippen LogP contribution in [0.25, 0.3) is 0 Å². The van der Waals surface area contributed by atoms with E-state index in [1.165, 1.54) is 12.7 Å². The summed E-state index contributed by atoms with van der Waals surface area (Å²) in [5.74, 6) is 1.23. The van der Waals surface area contributed by atoms with Crippen LogP contribution in [-0.4, -0.2) is 43.2 Å². The fourth-order valence-corrected chi connectivity index (χ4v) is 7.82. The molecule has 0 bridgehead atoms. The molecular weight excluding hydrogens is 549 g/mol. The Morgan fingerprint density at radius 1 is 1.00 bits per heavy atom. The molecule has 0 heterocycles. The average Bonchev–Trinajstić information content (AvgIpc) is 3.19. The Kier molecular flexibility index (Phi) is 15.2. The van der Waals surface area contributed by atoms with Crippen LogP contribution < -0.4 is 0 Å². The average molecular weight is 605 g/mol. The van der Waals surface area contributed by atoms with E-state index in [1.807, 2.05) is 31.2 Å². The number of ether oxygens (including phenoxy) is 1. The zero-order valence-electron chi connectivity index (χ0n) is 26.8.